The molecule has 0 atom stereocenters. The van der Waals surface area contributed by atoms with Crippen molar-refractivity contribution in [2.24, 2.45) is 0 Å². The molecule has 0 aliphatic heterocycles. The average Bonchev–Trinajstić information content (AvgIpc) is 2.83. The SMILES string of the molecule is OCc1cc2cccc(Oc3cc[c]c(Cl)c3)c2o1. The van der Waals surface area contributed by atoms with Gasteiger partial charge < -0.3 is 14.3 Å². The van der Waals surface area contributed by atoms with Gasteiger partial charge in [0, 0.05) is 17.5 Å². The van der Waals surface area contributed by atoms with Crippen molar-refractivity contribution in [2.75, 3.05) is 0 Å². The largest absolute Gasteiger partial charge is 0.455 e. The third-order valence-electron chi connectivity index (χ3n) is 2.68. The summed E-state index contributed by atoms with van der Waals surface area (Å²) >= 11 is 5.86. The average molecular weight is 274 g/mol. The van der Waals surface area contributed by atoms with Crippen LogP contribution in [0.15, 0.2) is 46.9 Å². The first kappa shape index (κ1) is 12.1. The predicted molar refractivity (Wildman–Crippen MR) is 72.5 cm³/mol. The number of hydrogen-bond acceptors (Lipinski definition) is 3. The van der Waals surface area contributed by atoms with Crippen LogP contribution in [-0.4, -0.2) is 5.11 Å². The third kappa shape index (κ3) is 2.43. The summed E-state index contributed by atoms with van der Waals surface area (Å²) in [5.41, 5.74) is 0.607. The molecule has 3 aromatic rings. The van der Waals surface area contributed by atoms with Crippen LogP contribution in [0.5, 0.6) is 11.5 Å². The molecule has 0 bridgehead atoms. The van der Waals surface area contributed by atoms with Crippen molar-refractivity contribution in [1.82, 2.24) is 0 Å². The van der Waals surface area contributed by atoms with E-state index in [1.807, 2.05) is 12.1 Å². The molecular formula is C15H10ClO3. The van der Waals surface area contributed by atoms with Crippen molar-refractivity contribution in [3.63, 3.8) is 0 Å². The second-order valence-electron chi connectivity index (χ2n) is 4.02. The summed E-state index contributed by atoms with van der Waals surface area (Å²) in [6.07, 6.45) is 0. The topological polar surface area (TPSA) is 42.6 Å². The van der Waals surface area contributed by atoms with E-state index in [4.69, 9.17) is 25.9 Å². The number of rotatable bonds is 3. The Hall–Kier alpha value is -1.97. The molecule has 4 heteroatoms. The van der Waals surface area contributed by atoms with Crippen LogP contribution in [0.2, 0.25) is 5.02 Å². The molecule has 0 amide bonds. The van der Waals surface area contributed by atoms with E-state index in [0.29, 0.717) is 27.9 Å². The predicted octanol–water partition coefficient (Wildman–Crippen LogP) is 4.17. The monoisotopic (exact) mass is 273 g/mol. The maximum Gasteiger partial charge on any atom is 0.176 e. The lowest BCUT2D eigenvalue weighted by atomic mass is 10.2. The normalized spacial score (nSPS) is 10.8. The molecule has 3 rings (SSSR count). The molecule has 0 saturated carbocycles. The fourth-order valence-corrected chi connectivity index (χ4v) is 2.03. The zero-order valence-electron chi connectivity index (χ0n) is 9.89. The van der Waals surface area contributed by atoms with E-state index >= 15 is 0 Å². The highest BCUT2D eigenvalue weighted by molar-refractivity contribution is 6.30. The number of hydrogen-bond donors (Lipinski definition) is 1. The minimum absolute atomic E-state index is 0.139. The van der Waals surface area contributed by atoms with Gasteiger partial charge in [-0.3, -0.25) is 0 Å². The summed E-state index contributed by atoms with van der Waals surface area (Å²) in [6.45, 7) is -0.139. The van der Waals surface area contributed by atoms with E-state index in [9.17, 15) is 0 Å². The van der Waals surface area contributed by atoms with Crippen molar-refractivity contribution in [1.29, 1.82) is 0 Å². The van der Waals surface area contributed by atoms with Gasteiger partial charge in [-0.1, -0.05) is 23.7 Å². The molecule has 3 nitrogen and oxygen atoms in total. The molecule has 0 saturated heterocycles. The molecule has 1 radical (unpaired) electrons. The molecule has 0 aliphatic rings. The molecule has 1 N–H and O–H groups in total. The Morgan fingerprint density at radius 2 is 2.16 bits per heavy atom. The van der Waals surface area contributed by atoms with E-state index in [1.54, 1.807) is 30.3 Å². The van der Waals surface area contributed by atoms with Gasteiger partial charge in [0.25, 0.3) is 0 Å². The van der Waals surface area contributed by atoms with E-state index in [-0.39, 0.29) is 6.61 Å². The summed E-state index contributed by atoms with van der Waals surface area (Å²) in [5.74, 6) is 1.70. The lowest BCUT2D eigenvalue weighted by Crippen LogP contribution is -1.84. The van der Waals surface area contributed by atoms with Crippen LogP contribution >= 0.6 is 11.6 Å². The Bertz CT molecular complexity index is 718. The lowest BCUT2D eigenvalue weighted by molar-refractivity contribution is 0.250. The Balaban J connectivity index is 2.02. The van der Waals surface area contributed by atoms with Crippen LogP contribution in [0.4, 0.5) is 0 Å². The maximum absolute atomic E-state index is 9.10. The first-order chi connectivity index (χ1) is 9.26. The molecule has 95 valence electrons. The van der Waals surface area contributed by atoms with Crippen LogP contribution in [0.25, 0.3) is 11.0 Å². The summed E-state index contributed by atoms with van der Waals surface area (Å²) < 4.78 is 11.3. The number of halogens is 1. The van der Waals surface area contributed by atoms with Crippen LogP contribution in [0.3, 0.4) is 0 Å². The lowest BCUT2D eigenvalue weighted by Gasteiger charge is -2.06. The van der Waals surface area contributed by atoms with E-state index < -0.39 is 0 Å². The quantitative estimate of drug-likeness (QED) is 0.779. The number of aliphatic hydroxyl groups is 1. The van der Waals surface area contributed by atoms with Crippen molar-refractivity contribution >= 4 is 22.6 Å². The maximum atomic E-state index is 9.10. The van der Waals surface area contributed by atoms with Gasteiger partial charge in [0.15, 0.2) is 11.3 Å². The Kier molecular flexibility index (Phi) is 3.15. The van der Waals surface area contributed by atoms with Gasteiger partial charge in [-0.05, 0) is 24.3 Å². The Morgan fingerprint density at radius 1 is 1.26 bits per heavy atom. The van der Waals surface area contributed by atoms with Crippen molar-refractivity contribution in [3.05, 3.63) is 59.3 Å². The Morgan fingerprint density at radius 3 is 2.95 bits per heavy atom. The molecule has 2 aromatic carbocycles. The van der Waals surface area contributed by atoms with Gasteiger partial charge in [0.05, 0.1) is 5.02 Å². The number of furan rings is 1. The number of aliphatic hydroxyl groups excluding tert-OH is 1. The minimum Gasteiger partial charge on any atom is -0.455 e. The zero-order chi connectivity index (χ0) is 13.2. The summed E-state index contributed by atoms with van der Waals surface area (Å²) in [5, 5.41) is 10.5. The summed E-state index contributed by atoms with van der Waals surface area (Å²) in [7, 11) is 0. The smallest absolute Gasteiger partial charge is 0.176 e. The third-order valence-corrected chi connectivity index (χ3v) is 2.90. The first-order valence-electron chi connectivity index (χ1n) is 5.73. The van der Waals surface area contributed by atoms with Gasteiger partial charge in [0.1, 0.15) is 18.1 Å². The second-order valence-corrected chi connectivity index (χ2v) is 4.43. The highest BCUT2D eigenvalue weighted by atomic mass is 35.5. The van der Waals surface area contributed by atoms with Crippen molar-refractivity contribution < 1.29 is 14.3 Å². The van der Waals surface area contributed by atoms with Crippen LogP contribution in [0, 0.1) is 6.07 Å². The second kappa shape index (κ2) is 4.96. The Labute approximate surface area is 115 Å². The fourth-order valence-electron chi connectivity index (χ4n) is 1.86. The molecule has 0 aliphatic carbocycles. The van der Waals surface area contributed by atoms with E-state index in [0.717, 1.165) is 5.39 Å². The molecule has 0 fully saturated rings. The van der Waals surface area contributed by atoms with Gasteiger partial charge in [0.2, 0.25) is 0 Å². The van der Waals surface area contributed by atoms with Gasteiger partial charge >= 0.3 is 0 Å². The first-order valence-corrected chi connectivity index (χ1v) is 6.11. The molecule has 0 spiro atoms. The van der Waals surface area contributed by atoms with E-state index in [2.05, 4.69) is 6.07 Å². The van der Waals surface area contributed by atoms with Gasteiger partial charge in [-0.15, -0.1) is 0 Å². The minimum atomic E-state index is -0.139. The van der Waals surface area contributed by atoms with E-state index in [1.165, 1.54) is 0 Å². The number of ether oxygens (including phenoxy) is 1. The van der Waals surface area contributed by atoms with Crippen molar-refractivity contribution in [3.8, 4) is 11.5 Å². The number of para-hydroxylation sites is 1. The fraction of sp³-hybridized carbons (Fsp3) is 0.0667. The van der Waals surface area contributed by atoms with Crippen LogP contribution in [-0.2, 0) is 6.61 Å². The molecular weight excluding hydrogens is 264 g/mol. The van der Waals surface area contributed by atoms with Crippen molar-refractivity contribution in [2.45, 2.75) is 6.61 Å². The number of benzene rings is 2. The van der Waals surface area contributed by atoms with Gasteiger partial charge in [-0.25, -0.2) is 0 Å². The van der Waals surface area contributed by atoms with Crippen LogP contribution < -0.4 is 4.74 Å². The van der Waals surface area contributed by atoms with Crippen LogP contribution in [0.1, 0.15) is 5.76 Å². The summed E-state index contributed by atoms with van der Waals surface area (Å²) in [4.78, 5) is 0. The molecule has 1 aromatic heterocycles. The summed E-state index contributed by atoms with van der Waals surface area (Å²) in [6, 6.07) is 15.3. The highest BCUT2D eigenvalue weighted by Gasteiger charge is 2.09. The zero-order valence-corrected chi connectivity index (χ0v) is 10.6. The molecule has 19 heavy (non-hydrogen) atoms. The standard InChI is InChI=1S/C15H10ClO3/c16-11-4-2-5-12(8-11)18-14-6-1-3-10-7-13(9-17)19-15(10)14/h1-3,5-8,17H,9H2. The molecule has 0 unspecified atom stereocenters. The number of fused-ring (bicyclic) bond motifs is 1. The highest BCUT2D eigenvalue weighted by Crippen LogP contribution is 2.32. The molecule has 1 heterocycles. The van der Waals surface area contributed by atoms with Gasteiger partial charge in [-0.2, -0.15) is 0 Å².